The van der Waals surface area contributed by atoms with Crippen molar-refractivity contribution in [3.05, 3.63) is 58.7 Å². The van der Waals surface area contributed by atoms with Crippen LogP contribution in [0.1, 0.15) is 77.5 Å². The van der Waals surface area contributed by atoms with Crippen LogP contribution in [0.2, 0.25) is 0 Å². The minimum atomic E-state index is -4.61. The average molecular weight is 451 g/mol. The van der Waals surface area contributed by atoms with Gasteiger partial charge >= 0.3 is 12.1 Å². The van der Waals surface area contributed by atoms with Crippen molar-refractivity contribution in [2.75, 3.05) is 6.61 Å². The summed E-state index contributed by atoms with van der Waals surface area (Å²) in [5.41, 5.74) is 1.07. The Labute approximate surface area is 188 Å². The number of aliphatic carboxylic acids is 1. The molecule has 0 unspecified atom stereocenters. The number of halogens is 3. The average Bonchev–Trinajstić information content (AvgIpc) is 2.65. The number of rotatable bonds is 7. The molecule has 1 aromatic carbocycles. The highest BCUT2D eigenvalue weighted by Crippen LogP contribution is 2.50. The van der Waals surface area contributed by atoms with Crippen molar-refractivity contribution in [1.82, 2.24) is 0 Å². The van der Waals surface area contributed by atoms with Crippen molar-refractivity contribution >= 4 is 11.5 Å². The predicted octanol–water partition coefficient (Wildman–Crippen LogP) is 7.36. The Hall–Kier alpha value is -2.50. The van der Waals surface area contributed by atoms with Crippen molar-refractivity contribution in [2.45, 2.75) is 77.8 Å². The second-order valence-corrected chi connectivity index (χ2v) is 9.67. The Bertz CT molecular complexity index is 948. The van der Waals surface area contributed by atoms with Gasteiger partial charge in [-0.25, -0.2) is 4.79 Å². The van der Waals surface area contributed by atoms with Gasteiger partial charge < -0.3 is 9.84 Å². The van der Waals surface area contributed by atoms with E-state index in [2.05, 4.69) is 27.7 Å². The van der Waals surface area contributed by atoms with E-state index in [1.165, 1.54) is 19.1 Å². The lowest BCUT2D eigenvalue weighted by molar-refractivity contribution is -0.131. The topological polar surface area (TPSA) is 46.5 Å². The number of carboxylic acids is 1. The van der Waals surface area contributed by atoms with E-state index in [1.807, 2.05) is 6.92 Å². The summed E-state index contributed by atoms with van der Waals surface area (Å²) in [5, 5.41) is 8.80. The van der Waals surface area contributed by atoms with E-state index in [0.717, 1.165) is 36.1 Å². The number of allylic oxidation sites excluding steroid dienone is 5. The molecule has 0 radical (unpaired) electrons. The smallest absolute Gasteiger partial charge is 0.417 e. The van der Waals surface area contributed by atoms with Crippen LogP contribution in [0.25, 0.3) is 5.57 Å². The fraction of sp³-hybridized carbons (Fsp3) is 0.500. The van der Waals surface area contributed by atoms with Gasteiger partial charge in [0.2, 0.25) is 0 Å². The first-order chi connectivity index (χ1) is 14.7. The first-order valence-corrected chi connectivity index (χ1v) is 10.9. The standard InChI is InChI=1S/C26H33F3O3/c1-7-13-32-22-16-21-20(24(3,4)11-12-25(21,5)6)15-18(22)19(26(27,28)29)10-8-9-17(2)14-23(30)31/h8-10,14-16H,7,11-13H2,1-6H3,(H,30,31). The van der Waals surface area contributed by atoms with Gasteiger partial charge in [-0.3, -0.25) is 0 Å². The molecule has 1 N–H and O–H groups in total. The largest absolute Gasteiger partial charge is 0.493 e. The minimum Gasteiger partial charge on any atom is -0.493 e. The van der Waals surface area contributed by atoms with Crippen LogP contribution in [-0.2, 0) is 15.6 Å². The lowest BCUT2D eigenvalue weighted by Gasteiger charge is -2.42. The number of carboxylic acid groups (broad SMARTS) is 1. The molecule has 2 rings (SSSR count). The number of hydrogen-bond acceptors (Lipinski definition) is 2. The van der Waals surface area contributed by atoms with E-state index < -0.39 is 17.7 Å². The molecule has 32 heavy (non-hydrogen) atoms. The van der Waals surface area contributed by atoms with Gasteiger partial charge in [-0.2, -0.15) is 13.2 Å². The summed E-state index contributed by atoms with van der Waals surface area (Å²) < 4.78 is 48.3. The van der Waals surface area contributed by atoms with Gasteiger partial charge in [0.1, 0.15) is 5.75 Å². The summed E-state index contributed by atoms with van der Waals surface area (Å²) in [6.45, 7) is 12.1. The first kappa shape index (κ1) is 25.8. The fourth-order valence-electron chi connectivity index (χ4n) is 4.01. The molecule has 0 aliphatic heterocycles. The molecule has 0 saturated heterocycles. The highest BCUT2D eigenvalue weighted by molar-refractivity contribution is 5.81. The Morgan fingerprint density at radius 2 is 1.69 bits per heavy atom. The van der Waals surface area contributed by atoms with Gasteiger partial charge in [0, 0.05) is 11.6 Å². The molecule has 0 atom stereocenters. The van der Waals surface area contributed by atoms with Crippen LogP contribution in [-0.4, -0.2) is 23.9 Å². The van der Waals surface area contributed by atoms with Crippen molar-refractivity contribution in [3.63, 3.8) is 0 Å². The highest BCUT2D eigenvalue weighted by Gasteiger charge is 2.41. The van der Waals surface area contributed by atoms with Crippen LogP contribution in [0.15, 0.2) is 42.0 Å². The maximum atomic E-state index is 14.2. The fourth-order valence-corrected chi connectivity index (χ4v) is 4.01. The van der Waals surface area contributed by atoms with Crippen LogP contribution in [0.3, 0.4) is 0 Å². The maximum Gasteiger partial charge on any atom is 0.417 e. The third-order valence-corrected chi connectivity index (χ3v) is 5.98. The van der Waals surface area contributed by atoms with Crippen molar-refractivity contribution in [3.8, 4) is 5.75 Å². The lowest BCUT2D eigenvalue weighted by Crippen LogP contribution is -2.34. The number of fused-ring (bicyclic) bond motifs is 1. The van der Waals surface area contributed by atoms with E-state index >= 15 is 0 Å². The lowest BCUT2D eigenvalue weighted by atomic mass is 9.62. The molecule has 1 aromatic rings. The number of carbonyl (C=O) groups is 1. The molecule has 0 fully saturated rings. The second kappa shape index (κ2) is 9.55. The summed E-state index contributed by atoms with van der Waals surface area (Å²) in [4.78, 5) is 10.8. The molecule has 0 bridgehead atoms. The van der Waals surface area contributed by atoms with Gasteiger partial charge in [-0.1, -0.05) is 46.8 Å². The first-order valence-electron chi connectivity index (χ1n) is 10.9. The van der Waals surface area contributed by atoms with Crippen LogP contribution in [0.4, 0.5) is 13.2 Å². The number of benzene rings is 1. The molecule has 176 valence electrons. The Morgan fingerprint density at radius 3 is 2.19 bits per heavy atom. The Kier molecular flexibility index (Phi) is 7.69. The van der Waals surface area contributed by atoms with Crippen LogP contribution in [0.5, 0.6) is 5.75 Å². The third-order valence-electron chi connectivity index (χ3n) is 5.98. The van der Waals surface area contributed by atoms with Crippen LogP contribution < -0.4 is 4.74 Å². The zero-order valence-electron chi connectivity index (χ0n) is 19.7. The quantitative estimate of drug-likeness (QED) is 0.349. The normalized spacial score (nSPS) is 18.5. The van der Waals surface area contributed by atoms with E-state index in [0.29, 0.717) is 18.6 Å². The van der Waals surface area contributed by atoms with Crippen molar-refractivity contribution < 1.29 is 27.8 Å². The molecule has 3 nitrogen and oxygen atoms in total. The summed E-state index contributed by atoms with van der Waals surface area (Å²) in [6.07, 6.45) is 2.40. The number of ether oxygens (including phenoxy) is 1. The molecular formula is C26H33F3O3. The van der Waals surface area contributed by atoms with E-state index in [4.69, 9.17) is 9.84 Å². The van der Waals surface area contributed by atoms with Crippen LogP contribution >= 0.6 is 0 Å². The predicted molar refractivity (Wildman–Crippen MR) is 122 cm³/mol. The van der Waals surface area contributed by atoms with Gasteiger partial charge in [0.15, 0.2) is 0 Å². The molecule has 0 saturated carbocycles. The summed E-state index contributed by atoms with van der Waals surface area (Å²) in [5.74, 6) is -0.923. The molecule has 0 spiro atoms. The minimum absolute atomic E-state index is 0.0139. The highest BCUT2D eigenvalue weighted by atomic mass is 19.4. The molecular weight excluding hydrogens is 417 g/mol. The summed E-state index contributed by atoms with van der Waals surface area (Å²) >= 11 is 0. The molecule has 0 aromatic heterocycles. The summed E-state index contributed by atoms with van der Waals surface area (Å²) in [7, 11) is 0. The third kappa shape index (κ3) is 6.05. The summed E-state index contributed by atoms with van der Waals surface area (Å²) in [6, 6.07) is 3.44. The molecule has 1 aliphatic carbocycles. The zero-order chi connectivity index (χ0) is 24.3. The SMILES string of the molecule is CCCOc1cc2c(cc1C(=CC=CC(C)=CC(=O)O)C(F)(F)F)C(C)(C)CCC2(C)C. The van der Waals surface area contributed by atoms with Gasteiger partial charge in [-0.05, 0) is 71.9 Å². The van der Waals surface area contributed by atoms with E-state index in [-0.39, 0.29) is 22.1 Å². The Balaban J connectivity index is 2.73. The van der Waals surface area contributed by atoms with Crippen LogP contribution in [0, 0.1) is 0 Å². The van der Waals surface area contributed by atoms with E-state index in [9.17, 15) is 18.0 Å². The van der Waals surface area contributed by atoms with Crippen molar-refractivity contribution in [1.29, 1.82) is 0 Å². The van der Waals surface area contributed by atoms with E-state index in [1.54, 1.807) is 12.1 Å². The van der Waals surface area contributed by atoms with Gasteiger partial charge in [0.25, 0.3) is 0 Å². The Morgan fingerprint density at radius 1 is 1.12 bits per heavy atom. The molecule has 0 amide bonds. The maximum absolute atomic E-state index is 14.2. The second-order valence-electron chi connectivity index (χ2n) is 9.67. The van der Waals surface area contributed by atoms with Crippen molar-refractivity contribution in [2.24, 2.45) is 0 Å². The monoisotopic (exact) mass is 450 g/mol. The molecule has 1 aliphatic rings. The number of hydrogen-bond donors (Lipinski definition) is 1. The zero-order valence-corrected chi connectivity index (χ0v) is 19.7. The van der Waals surface area contributed by atoms with Gasteiger partial charge in [0.05, 0.1) is 12.2 Å². The van der Waals surface area contributed by atoms with Gasteiger partial charge in [-0.15, -0.1) is 0 Å². The number of alkyl halides is 3. The molecule has 6 heteroatoms. The molecule has 0 heterocycles.